The van der Waals surface area contributed by atoms with Crippen LogP contribution in [0.2, 0.25) is 0 Å². The second-order valence-electron chi connectivity index (χ2n) is 7.37. The third-order valence-corrected chi connectivity index (χ3v) is 6.21. The molecule has 2 aromatic rings. The monoisotopic (exact) mass is 461 g/mol. The molecule has 3 rings (SSSR count). The first-order chi connectivity index (χ1) is 14.0. The van der Waals surface area contributed by atoms with Gasteiger partial charge in [0.1, 0.15) is 0 Å². The van der Waals surface area contributed by atoms with Gasteiger partial charge >= 0.3 is 0 Å². The molecular formula is C23H28BrNO4. The molecule has 156 valence electrons. The molecule has 0 bridgehead atoms. The van der Waals surface area contributed by atoms with Gasteiger partial charge in [-0.05, 0) is 54.7 Å². The van der Waals surface area contributed by atoms with Gasteiger partial charge in [-0.15, -0.1) is 0 Å². The van der Waals surface area contributed by atoms with E-state index in [0.717, 1.165) is 22.0 Å². The van der Waals surface area contributed by atoms with Gasteiger partial charge in [-0.1, -0.05) is 34.1 Å². The highest BCUT2D eigenvalue weighted by Gasteiger charge is 2.43. The number of amides is 1. The van der Waals surface area contributed by atoms with Crippen molar-refractivity contribution in [3.63, 3.8) is 0 Å². The normalized spacial score (nSPS) is 15.6. The number of carbonyl (C=O) groups is 1. The fourth-order valence-electron chi connectivity index (χ4n) is 3.91. The van der Waals surface area contributed by atoms with E-state index in [1.807, 2.05) is 42.3 Å². The van der Waals surface area contributed by atoms with E-state index in [1.165, 1.54) is 0 Å². The van der Waals surface area contributed by atoms with Crippen molar-refractivity contribution in [3.8, 4) is 11.5 Å². The first-order valence-corrected chi connectivity index (χ1v) is 10.6. The summed E-state index contributed by atoms with van der Waals surface area (Å²) >= 11 is 3.49. The van der Waals surface area contributed by atoms with Crippen LogP contribution in [0.4, 0.5) is 0 Å². The van der Waals surface area contributed by atoms with Crippen LogP contribution in [-0.2, 0) is 21.4 Å². The molecule has 1 amide bonds. The van der Waals surface area contributed by atoms with Crippen LogP contribution >= 0.6 is 15.9 Å². The quantitative estimate of drug-likeness (QED) is 0.619. The van der Waals surface area contributed by atoms with E-state index in [0.29, 0.717) is 44.1 Å². The largest absolute Gasteiger partial charge is 0.493 e. The van der Waals surface area contributed by atoms with Gasteiger partial charge in [0, 0.05) is 31.3 Å². The van der Waals surface area contributed by atoms with Crippen LogP contribution in [0.1, 0.15) is 24.0 Å². The smallest absolute Gasteiger partial charge is 0.233 e. The molecule has 1 saturated heterocycles. The fraction of sp³-hybridized carbons (Fsp3) is 0.435. The lowest BCUT2D eigenvalue weighted by molar-refractivity contribution is -0.140. The van der Waals surface area contributed by atoms with Gasteiger partial charge in [0.25, 0.3) is 0 Å². The average molecular weight is 462 g/mol. The van der Waals surface area contributed by atoms with E-state index in [2.05, 4.69) is 28.1 Å². The van der Waals surface area contributed by atoms with Crippen molar-refractivity contribution in [2.24, 2.45) is 0 Å². The molecule has 1 heterocycles. The Bertz CT molecular complexity index is 831. The van der Waals surface area contributed by atoms with E-state index < -0.39 is 5.41 Å². The SMILES string of the molecule is COc1ccc(CCN(C)C(=O)C2(c3ccc(Br)cc3)CCOCC2)cc1OC. The summed E-state index contributed by atoms with van der Waals surface area (Å²) in [6, 6.07) is 14.0. The zero-order chi connectivity index (χ0) is 20.9. The van der Waals surface area contributed by atoms with Crippen molar-refractivity contribution in [2.75, 3.05) is 41.0 Å². The molecule has 0 saturated carbocycles. The predicted molar refractivity (Wildman–Crippen MR) is 117 cm³/mol. The fourth-order valence-corrected chi connectivity index (χ4v) is 4.18. The Morgan fingerprint density at radius 2 is 1.72 bits per heavy atom. The number of rotatable bonds is 7. The van der Waals surface area contributed by atoms with E-state index in [4.69, 9.17) is 14.2 Å². The molecule has 0 spiro atoms. The number of hydrogen-bond donors (Lipinski definition) is 0. The summed E-state index contributed by atoms with van der Waals surface area (Å²) in [5.74, 6) is 1.57. The third-order valence-electron chi connectivity index (χ3n) is 5.68. The minimum atomic E-state index is -0.523. The highest BCUT2D eigenvalue weighted by molar-refractivity contribution is 9.10. The van der Waals surface area contributed by atoms with Gasteiger partial charge in [0.05, 0.1) is 19.6 Å². The Hall–Kier alpha value is -2.05. The maximum Gasteiger partial charge on any atom is 0.233 e. The van der Waals surface area contributed by atoms with E-state index in [1.54, 1.807) is 14.2 Å². The van der Waals surface area contributed by atoms with Gasteiger partial charge in [-0.3, -0.25) is 4.79 Å². The van der Waals surface area contributed by atoms with Crippen molar-refractivity contribution in [3.05, 3.63) is 58.1 Å². The first-order valence-electron chi connectivity index (χ1n) is 9.80. The summed E-state index contributed by atoms with van der Waals surface area (Å²) in [7, 11) is 5.14. The number of ether oxygens (including phenoxy) is 3. The molecule has 0 N–H and O–H groups in total. The third kappa shape index (κ3) is 4.75. The standard InChI is InChI=1S/C23H28BrNO4/c1-25(13-10-17-4-9-20(27-2)21(16-17)28-3)22(26)23(11-14-29-15-12-23)18-5-7-19(24)8-6-18/h4-9,16H,10-15H2,1-3H3. The molecule has 1 aliphatic heterocycles. The highest BCUT2D eigenvalue weighted by Crippen LogP contribution is 2.37. The molecule has 6 heteroatoms. The second-order valence-corrected chi connectivity index (χ2v) is 8.28. The average Bonchev–Trinajstić information content (AvgIpc) is 2.77. The number of carbonyl (C=O) groups excluding carboxylic acids is 1. The van der Waals surface area contributed by atoms with Crippen molar-refractivity contribution in [2.45, 2.75) is 24.7 Å². The number of likely N-dealkylation sites (N-methyl/N-ethyl adjacent to an activating group) is 1. The molecule has 2 aromatic carbocycles. The lowest BCUT2D eigenvalue weighted by Gasteiger charge is -2.39. The molecule has 29 heavy (non-hydrogen) atoms. The molecule has 1 fully saturated rings. The van der Waals surface area contributed by atoms with Crippen molar-refractivity contribution in [1.29, 1.82) is 0 Å². The van der Waals surface area contributed by atoms with Crippen LogP contribution in [0, 0.1) is 0 Å². The van der Waals surface area contributed by atoms with Crippen LogP contribution in [0.15, 0.2) is 46.9 Å². The van der Waals surface area contributed by atoms with Gasteiger partial charge < -0.3 is 19.1 Å². The molecule has 5 nitrogen and oxygen atoms in total. The van der Waals surface area contributed by atoms with Gasteiger partial charge in [-0.25, -0.2) is 0 Å². The number of nitrogens with zero attached hydrogens (tertiary/aromatic N) is 1. The first kappa shape index (κ1) is 21.7. The lowest BCUT2D eigenvalue weighted by Crippen LogP contribution is -2.49. The molecule has 0 atom stereocenters. The van der Waals surface area contributed by atoms with E-state index in [-0.39, 0.29) is 5.91 Å². The Labute approximate surface area is 181 Å². The molecule has 0 aromatic heterocycles. The molecule has 0 aliphatic carbocycles. The van der Waals surface area contributed by atoms with Gasteiger partial charge in [-0.2, -0.15) is 0 Å². The van der Waals surface area contributed by atoms with Gasteiger partial charge in [0.2, 0.25) is 5.91 Å². The van der Waals surface area contributed by atoms with E-state index in [9.17, 15) is 4.79 Å². The second kappa shape index (κ2) is 9.63. The topological polar surface area (TPSA) is 48.0 Å². The lowest BCUT2D eigenvalue weighted by atomic mass is 9.73. The van der Waals surface area contributed by atoms with Crippen LogP contribution in [0.25, 0.3) is 0 Å². The van der Waals surface area contributed by atoms with Crippen LogP contribution in [-0.4, -0.2) is 51.8 Å². The Morgan fingerprint density at radius 1 is 1.07 bits per heavy atom. The van der Waals surface area contributed by atoms with Crippen LogP contribution in [0.5, 0.6) is 11.5 Å². The Kier molecular flexibility index (Phi) is 7.19. The van der Waals surface area contributed by atoms with Crippen molar-refractivity contribution in [1.82, 2.24) is 4.90 Å². The maximum absolute atomic E-state index is 13.6. The predicted octanol–water partition coefficient (Wildman–Crippen LogP) is 4.22. The van der Waals surface area contributed by atoms with Crippen molar-refractivity contribution >= 4 is 21.8 Å². The molecule has 1 aliphatic rings. The molecule has 0 radical (unpaired) electrons. The number of halogens is 1. The summed E-state index contributed by atoms with van der Waals surface area (Å²) in [6.45, 7) is 1.84. The van der Waals surface area contributed by atoms with Crippen LogP contribution in [0.3, 0.4) is 0 Å². The summed E-state index contributed by atoms with van der Waals surface area (Å²) in [6.07, 6.45) is 2.15. The summed E-state index contributed by atoms with van der Waals surface area (Å²) in [4.78, 5) is 15.4. The highest BCUT2D eigenvalue weighted by atomic mass is 79.9. The van der Waals surface area contributed by atoms with Gasteiger partial charge in [0.15, 0.2) is 11.5 Å². The van der Waals surface area contributed by atoms with E-state index >= 15 is 0 Å². The number of benzene rings is 2. The number of hydrogen-bond acceptors (Lipinski definition) is 4. The zero-order valence-corrected chi connectivity index (χ0v) is 18.8. The Balaban J connectivity index is 1.75. The summed E-state index contributed by atoms with van der Waals surface area (Å²) < 4.78 is 17.3. The molecule has 0 unspecified atom stereocenters. The zero-order valence-electron chi connectivity index (χ0n) is 17.2. The van der Waals surface area contributed by atoms with Crippen molar-refractivity contribution < 1.29 is 19.0 Å². The summed E-state index contributed by atoms with van der Waals surface area (Å²) in [5, 5.41) is 0. The minimum absolute atomic E-state index is 0.156. The van der Waals surface area contributed by atoms with Crippen LogP contribution < -0.4 is 9.47 Å². The molecular weight excluding hydrogens is 434 g/mol. The number of methoxy groups -OCH3 is 2. The Morgan fingerprint density at radius 3 is 2.34 bits per heavy atom. The maximum atomic E-state index is 13.6. The minimum Gasteiger partial charge on any atom is -0.493 e. The summed E-state index contributed by atoms with van der Waals surface area (Å²) in [5.41, 5.74) is 1.64.